The van der Waals surface area contributed by atoms with Crippen LogP contribution >= 0.6 is 0 Å². The third-order valence-electron chi connectivity index (χ3n) is 9.07. The van der Waals surface area contributed by atoms with Crippen molar-refractivity contribution in [1.82, 2.24) is 9.99 Å². The van der Waals surface area contributed by atoms with Gasteiger partial charge in [-0.1, -0.05) is 18.2 Å². The number of halogens is 3. The van der Waals surface area contributed by atoms with Crippen LogP contribution in [0.25, 0.3) is 5.69 Å². The second-order valence-electron chi connectivity index (χ2n) is 11.7. The number of hydrogen-bond donors (Lipinski definition) is 1. The lowest BCUT2D eigenvalue weighted by molar-refractivity contribution is -0.137. The van der Waals surface area contributed by atoms with E-state index in [-0.39, 0.29) is 5.56 Å². The summed E-state index contributed by atoms with van der Waals surface area (Å²) in [6.07, 6.45) is 5.35. The second kappa shape index (κ2) is 9.14. The SMILES string of the molecule is Cc1cc(/C=N\NC(=O)c2cccc(C(F)(F)F)c2)c(C)n1-c1ccc(C23CC4CC(CC(C4)C2)C3)cc1. The van der Waals surface area contributed by atoms with Gasteiger partial charge in [-0.25, -0.2) is 5.43 Å². The largest absolute Gasteiger partial charge is 0.416 e. The molecule has 1 N–H and O–H groups in total. The summed E-state index contributed by atoms with van der Waals surface area (Å²) in [5.41, 5.74) is 7.16. The van der Waals surface area contributed by atoms with Gasteiger partial charge in [-0.15, -0.1) is 0 Å². The van der Waals surface area contributed by atoms with Crippen molar-refractivity contribution in [2.24, 2.45) is 22.9 Å². The van der Waals surface area contributed by atoms with Gasteiger partial charge in [0.15, 0.2) is 0 Å². The second-order valence-corrected chi connectivity index (χ2v) is 11.7. The van der Waals surface area contributed by atoms with Crippen LogP contribution in [0.1, 0.15) is 77.0 Å². The van der Waals surface area contributed by atoms with Crippen LogP contribution in [-0.4, -0.2) is 16.7 Å². The molecule has 38 heavy (non-hydrogen) atoms. The number of nitrogens with zero attached hydrogens (tertiary/aromatic N) is 2. The summed E-state index contributed by atoms with van der Waals surface area (Å²) in [5, 5.41) is 4.02. The van der Waals surface area contributed by atoms with Gasteiger partial charge in [0.05, 0.1) is 11.8 Å². The molecule has 0 unspecified atom stereocenters. The fraction of sp³-hybridized carbons (Fsp3) is 0.419. The van der Waals surface area contributed by atoms with Crippen molar-refractivity contribution in [1.29, 1.82) is 0 Å². The smallest absolute Gasteiger partial charge is 0.318 e. The number of hydrazone groups is 1. The summed E-state index contributed by atoms with van der Waals surface area (Å²) in [5.74, 6) is 2.03. The molecule has 4 nitrogen and oxygen atoms in total. The molecule has 4 fully saturated rings. The van der Waals surface area contributed by atoms with E-state index >= 15 is 0 Å². The van der Waals surface area contributed by atoms with E-state index < -0.39 is 17.6 Å². The summed E-state index contributed by atoms with van der Waals surface area (Å²) in [6, 6.07) is 15.4. The van der Waals surface area contributed by atoms with Crippen LogP contribution < -0.4 is 5.43 Å². The van der Waals surface area contributed by atoms with Gasteiger partial charge in [-0.05, 0) is 118 Å². The molecule has 198 valence electrons. The number of aryl methyl sites for hydroxylation is 1. The molecule has 0 spiro atoms. The summed E-state index contributed by atoms with van der Waals surface area (Å²) in [6.45, 7) is 4.02. The van der Waals surface area contributed by atoms with Gasteiger partial charge in [0.2, 0.25) is 0 Å². The molecule has 1 amide bonds. The van der Waals surface area contributed by atoms with E-state index in [4.69, 9.17) is 0 Å². The van der Waals surface area contributed by atoms with E-state index in [2.05, 4.69) is 39.4 Å². The van der Waals surface area contributed by atoms with Crippen molar-refractivity contribution in [2.45, 2.75) is 64.0 Å². The first-order chi connectivity index (χ1) is 18.1. The van der Waals surface area contributed by atoms with Crippen LogP contribution in [0.3, 0.4) is 0 Å². The molecular weight excluding hydrogens is 487 g/mol. The number of aromatic nitrogens is 1. The van der Waals surface area contributed by atoms with Crippen LogP contribution in [0.2, 0.25) is 0 Å². The molecule has 4 aliphatic rings. The standard InChI is InChI=1S/C31H32F3N3O/c1-19-10-25(18-35-36-29(38)24-4-3-5-27(14-24)31(32,33)34)20(2)37(19)28-8-6-26(7-9-28)30-15-21-11-22(16-30)13-23(12-21)17-30/h3-10,14,18,21-23H,11-13,15-17H2,1-2H3,(H,36,38)/b35-18-. The molecule has 1 aromatic heterocycles. The van der Waals surface area contributed by atoms with E-state index in [0.717, 1.165) is 52.5 Å². The lowest BCUT2D eigenvalue weighted by atomic mass is 9.48. The number of amides is 1. The van der Waals surface area contributed by atoms with Crippen molar-refractivity contribution in [3.63, 3.8) is 0 Å². The fourth-order valence-electron chi connectivity index (χ4n) is 7.81. The molecule has 0 aliphatic heterocycles. The predicted molar refractivity (Wildman–Crippen MR) is 142 cm³/mol. The highest BCUT2D eigenvalue weighted by Crippen LogP contribution is 2.60. The maximum Gasteiger partial charge on any atom is 0.416 e. The molecule has 7 heteroatoms. The van der Waals surface area contributed by atoms with Gasteiger partial charge in [0.1, 0.15) is 0 Å². The molecule has 1 heterocycles. The molecule has 0 saturated heterocycles. The highest BCUT2D eigenvalue weighted by atomic mass is 19.4. The molecule has 7 rings (SSSR count). The Hall–Kier alpha value is -3.35. The third-order valence-corrected chi connectivity index (χ3v) is 9.07. The zero-order valence-electron chi connectivity index (χ0n) is 21.7. The molecule has 4 bridgehead atoms. The zero-order chi connectivity index (χ0) is 26.7. The highest BCUT2D eigenvalue weighted by Gasteiger charge is 2.51. The van der Waals surface area contributed by atoms with Crippen LogP contribution in [0.4, 0.5) is 13.2 Å². The minimum atomic E-state index is -4.51. The predicted octanol–water partition coefficient (Wildman–Crippen LogP) is 7.34. The minimum Gasteiger partial charge on any atom is -0.318 e. The van der Waals surface area contributed by atoms with Gasteiger partial charge in [0.25, 0.3) is 5.91 Å². The Kier molecular flexibility index (Phi) is 6.00. The number of alkyl halides is 3. The Morgan fingerprint density at radius 3 is 2.21 bits per heavy atom. The normalized spacial score (nSPS) is 26.3. The number of nitrogens with one attached hydrogen (secondary N) is 1. The van der Waals surface area contributed by atoms with E-state index in [1.165, 1.54) is 62.4 Å². The van der Waals surface area contributed by atoms with Crippen LogP contribution in [0, 0.1) is 31.6 Å². The maximum atomic E-state index is 13.0. The van der Waals surface area contributed by atoms with Crippen LogP contribution in [-0.2, 0) is 11.6 Å². The van der Waals surface area contributed by atoms with E-state index in [0.29, 0.717) is 5.41 Å². The Balaban J connectivity index is 1.17. The number of rotatable bonds is 5. The van der Waals surface area contributed by atoms with Crippen molar-refractivity contribution >= 4 is 12.1 Å². The van der Waals surface area contributed by atoms with E-state index in [1.54, 1.807) is 0 Å². The maximum absolute atomic E-state index is 13.0. The molecular formula is C31H32F3N3O. The van der Waals surface area contributed by atoms with Gasteiger partial charge in [0, 0.05) is 28.2 Å². The molecule has 0 atom stereocenters. The van der Waals surface area contributed by atoms with Crippen molar-refractivity contribution in [3.05, 3.63) is 88.2 Å². The quantitative estimate of drug-likeness (QED) is 0.278. The Bertz CT molecular complexity index is 1370. The van der Waals surface area contributed by atoms with Gasteiger partial charge >= 0.3 is 6.18 Å². The van der Waals surface area contributed by atoms with Crippen molar-refractivity contribution in [3.8, 4) is 5.69 Å². The van der Waals surface area contributed by atoms with Crippen molar-refractivity contribution < 1.29 is 18.0 Å². The summed E-state index contributed by atoms with van der Waals surface area (Å²) in [7, 11) is 0. The first-order valence-corrected chi connectivity index (χ1v) is 13.4. The minimum absolute atomic E-state index is 0.0958. The fourth-order valence-corrected chi connectivity index (χ4v) is 7.81. The average Bonchev–Trinajstić information content (AvgIpc) is 3.15. The lowest BCUT2D eigenvalue weighted by Gasteiger charge is -2.57. The zero-order valence-corrected chi connectivity index (χ0v) is 21.7. The summed E-state index contributed by atoms with van der Waals surface area (Å²) < 4.78 is 41.0. The van der Waals surface area contributed by atoms with E-state index in [9.17, 15) is 18.0 Å². The topological polar surface area (TPSA) is 46.4 Å². The Labute approximate surface area is 220 Å². The Morgan fingerprint density at radius 2 is 1.61 bits per heavy atom. The molecule has 0 radical (unpaired) electrons. The van der Waals surface area contributed by atoms with Gasteiger partial charge in [-0.3, -0.25) is 4.79 Å². The monoisotopic (exact) mass is 519 g/mol. The molecule has 4 saturated carbocycles. The number of hydrogen-bond acceptors (Lipinski definition) is 2. The number of carbonyl (C=O) groups excluding carboxylic acids is 1. The first kappa shape index (κ1) is 25.0. The van der Waals surface area contributed by atoms with E-state index in [1.807, 2.05) is 19.9 Å². The summed E-state index contributed by atoms with van der Waals surface area (Å²) >= 11 is 0. The molecule has 3 aromatic rings. The average molecular weight is 520 g/mol. The van der Waals surface area contributed by atoms with Crippen LogP contribution in [0.5, 0.6) is 0 Å². The van der Waals surface area contributed by atoms with Gasteiger partial charge in [-0.2, -0.15) is 18.3 Å². The lowest BCUT2D eigenvalue weighted by Crippen LogP contribution is -2.48. The third kappa shape index (κ3) is 4.46. The first-order valence-electron chi connectivity index (χ1n) is 13.4. The van der Waals surface area contributed by atoms with Crippen molar-refractivity contribution in [2.75, 3.05) is 0 Å². The van der Waals surface area contributed by atoms with Gasteiger partial charge < -0.3 is 4.57 Å². The molecule has 2 aromatic carbocycles. The Morgan fingerprint density at radius 1 is 0.974 bits per heavy atom. The molecule has 4 aliphatic carbocycles. The van der Waals surface area contributed by atoms with Crippen LogP contribution in [0.15, 0.2) is 59.7 Å². The summed E-state index contributed by atoms with van der Waals surface area (Å²) in [4.78, 5) is 12.4. The number of carbonyl (C=O) groups is 1. The highest BCUT2D eigenvalue weighted by molar-refractivity contribution is 5.95. The number of benzene rings is 2.